The number of nitrogens with zero attached hydrogens (tertiary/aromatic N) is 1. The largest absolute Gasteiger partial charge is 0.494 e. The summed E-state index contributed by atoms with van der Waals surface area (Å²) in [6, 6.07) is 11.1. The third-order valence-electron chi connectivity index (χ3n) is 3.23. The number of rotatable bonds is 7. The van der Waals surface area contributed by atoms with Gasteiger partial charge in [-0.15, -0.1) is 11.8 Å². The molecule has 2 rings (SSSR count). The average Bonchev–Trinajstić information content (AvgIpc) is 2.60. The molecule has 136 valence electrons. The van der Waals surface area contributed by atoms with Crippen LogP contribution in [0.4, 0.5) is 17.1 Å². The summed E-state index contributed by atoms with van der Waals surface area (Å²) in [6.07, 6.45) is 0. The minimum absolute atomic E-state index is 0.0940. The highest BCUT2D eigenvalue weighted by Gasteiger charge is 2.14. The van der Waals surface area contributed by atoms with E-state index in [1.54, 1.807) is 18.2 Å². The van der Waals surface area contributed by atoms with E-state index < -0.39 is 4.92 Å². The number of anilines is 2. The monoisotopic (exact) mass is 375 g/mol. The van der Waals surface area contributed by atoms with Gasteiger partial charge in [-0.05, 0) is 18.2 Å². The number of hydrogen-bond acceptors (Lipinski definition) is 6. The first-order valence-electron chi connectivity index (χ1n) is 7.52. The van der Waals surface area contributed by atoms with E-state index in [-0.39, 0.29) is 29.0 Å². The second-order valence-electron chi connectivity index (χ2n) is 5.16. The standard InChI is InChI=1S/C17H17N3O5S/c1-11(21)18-14-5-3-4-6-16(14)26-10-17(22)19-13-8-7-12(20(23)24)9-15(13)25-2/h3-9H,10H2,1-2H3,(H,18,21)(H,19,22). The molecule has 2 amide bonds. The number of non-ortho nitro benzene ring substituents is 1. The van der Waals surface area contributed by atoms with E-state index in [1.807, 2.05) is 6.07 Å². The number of nitro groups is 1. The lowest BCUT2D eigenvalue weighted by molar-refractivity contribution is -0.384. The average molecular weight is 375 g/mol. The van der Waals surface area contributed by atoms with Crippen molar-refractivity contribution >= 4 is 40.6 Å². The highest BCUT2D eigenvalue weighted by Crippen LogP contribution is 2.30. The number of amides is 2. The molecular weight excluding hydrogens is 358 g/mol. The van der Waals surface area contributed by atoms with Gasteiger partial charge in [0.1, 0.15) is 5.75 Å². The van der Waals surface area contributed by atoms with Gasteiger partial charge in [0.15, 0.2) is 0 Å². The Morgan fingerprint density at radius 2 is 1.88 bits per heavy atom. The van der Waals surface area contributed by atoms with E-state index >= 15 is 0 Å². The number of carbonyl (C=O) groups is 2. The van der Waals surface area contributed by atoms with Crippen LogP contribution in [-0.2, 0) is 9.59 Å². The number of carbonyl (C=O) groups excluding carboxylic acids is 2. The summed E-state index contributed by atoms with van der Waals surface area (Å²) >= 11 is 1.26. The summed E-state index contributed by atoms with van der Waals surface area (Å²) in [7, 11) is 1.37. The molecule has 9 heteroatoms. The number of methoxy groups -OCH3 is 1. The third-order valence-corrected chi connectivity index (χ3v) is 4.30. The fourth-order valence-corrected chi connectivity index (χ4v) is 2.92. The maximum atomic E-state index is 12.2. The molecule has 0 unspecified atom stereocenters. The fraction of sp³-hybridized carbons (Fsp3) is 0.176. The van der Waals surface area contributed by atoms with Crippen LogP contribution in [0.1, 0.15) is 6.92 Å². The first-order valence-corrected chi connectivity index (χ1v) is 8.51. The van der Waals surface area contributed by atoms with Gasteiger partial charge >= 0.3 is 0 Å². The number of para-hydroxylation sites is 1. The van der Waals surface area contributed by atoms with Gasteiger partial charge in [0, 0.05) is 17.9 Å². The van der Waals surface area contributed by atoms with Gasteiger partial charge < -0.3 is 15.4 Å². The number of ether oxygens (including phenoxy) is 1. The van der Waals surface area contributed by atoms with Crippen LogP contribution in [0, 0.1) is 10.1 Å². The Balaban J connectivity index is 2.04. The molecule has 0 bridgehead atoms. The number of nitrogens with one attached hydrogen (secondary N) is 2. The predicted octanol–water partition coefficient (Wildman–Crippen LogP) is 3.29. The molecule has 2 aromatic carbocycles. The number of benzene rings is 2. The van der Waals surface area contributed by atoms with Crippen molar-refractivity contribution in [3.8, 4) is 5.75 Å². The summed E-state index contributed by atoms with van der Waals surface area (Å²) < 4.78 is 5.09. The van der Waals surface area contributed by atoms with Gasteiger partial charge in [0.25, 0.3) is 5.69 Å². The Kier molecular flexibility index (Phi) is 6.56. The van der Waals surface area contributed by atoms with Gasteiger partial charge in [0.2, 0.25) is 11.8 Å². The molecule has 26 heavy (non-hydrogen) atoms. The SMILES string of the molecule is COc1cc([N+](=O)[O-])ccc1NC(=O)CSc1ccccc1NC(C)=O. The summed E-state index contributed by atoms with van der Waals surface area (Å²) in [4.78, 5) is 34.4. The van der Waals surface area contributed by atoms with E-state index in [0.717, 1.165) is 4.90 Å². The van der Waals surface area contributed by atoms with Gasteiger partial charge in [-0.25, -0.2) is 0 Å². The van der Waals surface area contributed by atoms with Crippen molar-refractivity contribution < 1.29 is 19.2 Å². The Labute approximate surface area is 154 Å². The summed E-state index contributed by atoms with van der Waals surface area (Å²) in [5.74, 6) is -0.203. The van der Waals surface area contributed by atoms with Gasteiger partial charge in [-0.2, -0.15) is 0 Å². The van der Waals surface area contributed by atoms with Crippen molar-refractivity contribution in [1.29, 1.82) is 0 Å². The zero-order valence-electron chi connectivity index (χ0n) is 14.1. The van der Waals surface area contributed by atoms with E-state index in [9.17, 15) is 19.7 Å². The molecule has 2 N–H and O–H groups in total. The molecule has 0 radical (unpaired) electrons. The van der Waals surface area contributed by atoms with Gasteiger partial charge in [-0.1, -0.05) is 12.1 Å². The first kappa shape index (κ1) is 19.3. The minimum atomic E-state index is -0.539. The first-order chi connectivity index (χ1) is 12.4. The highest BCUT2D eigenvalue weighted by molar-refractivity contribution is 8.00. The Morgan fingerprint density at radius 1 is 1.15 bits per heavy atom. The van der Waals surface area contributed by atoms with E-state index in [1.165, 1.54) is 44.0 Å². The second kappa shape index (κ2) is 8.86. The van der Waals surface area contributed by atoms with Crippen molar-refractivity contribution in [3.05, 3.63) is 52.6 Å². The van der Waals surface area contributed by atoms with Crippen LogP contribution in [0.2, 0.25) is 0 Å². The van der Waals surface area contributed by atoms with Crippen LogP contribution in [0.5, 0.6) is 5.75 Å². The third kappa shape index (κ3) is 5.21. The fourth-order valence-electron chi connectivity index (χ4n) is 2.11. The molecule has 0 saturated carbocycles. The van der Waals surface area contributed by atoms with Crippen LogP contribution >= 0.6 is 11.8 Å². The van der Waals surface area contributed by atoms with E-state index in [2.05, 4.69) is 10.6 Å². The molecule has 2 aromatic rings. The van der Waals surface area contributed by atoms with Gasteiger partial charge in [-0.3, -0.25) is 19.7 Å². The molecule has 0 aliphatic heterocycles. The van der Waals surface area contributed by atoms with Crippen molar-refractivity contribution in [3.63, 3.8) is 0 Å². The lowest BCUT2D eigenvalue weighted by Gasteiger charge is -2.11. The highest BCUT2D eigenvalue weighted by atomic mass is 32.2. The van der Waals surface area contributed by atoms with E-state index in [4.69, 9.17) is 4.74 Å². The molecule has 0 aliphatic rings. The molecular formula is C17H17N3O5S. The number of hydrogen-bond donors (Lipinski definition) is 2. The van der Waals surface area contributed by atoms with Crippen LogP contribution in [0.25, 0.3) is 0 Å². The normalized spacial score (nSPS) is 10.1. The quantitative estimate of drug-likeness (QED) is 0.436. The molecule has 0 heterocycles. The maximum Gasteiger partial charge on any atom is 0.273 e. The summed E-state index contributed by atoms with van der Waals surface area (Å²) in [5, 5.41) is 16.2. The van der Waals surface area contributed by atoms with Crippen molar-refractivity contribution in [2.24, 2.45) is 0 Å². The summed E-state index contributed by atoms with van der Waals surface area (Å²) in [6.45, 7) is 1.41. The van der Waals surface area contributed by atoms with Crippen LogP contribution in [0.15, 0.2) is 47.4 Å². The molecule has 0 fully saturated rings. The smallest absolute Gasteiger partial charge is 0.273 e. The zero-order valence-corrected chi connectivity index (χ0v) is 15.0. The Hall–Kier alpha value is -3.07. The lowest BCUT2D eigenvalue weighted by atomic mass is 10.2. The number of thioether (sulfide) groups is 1. The Bertz CT molecular complexity index is 841. The lowest BCUT2D eigenvalue weighted by Crippen LogP contribution is -2.15. The predicted molar refractivity (Wildman–Crippen MR) is 99.7 cm³/mol. The van der Waals surface area contributed by atoms with Crippen LogP contribution in [0.3, 0.4) is 0 Å². The van der Waals surface area contributed by atoms with Crippen LogP contribution < -0.4 is 15.4 Å². The molecule has 0 spiro atoms. The zero-order chi connectivity index (χ0) is 19.1. The molecule has 0 aliphatic carbocycles. The topological polar surface area (TPSA) is 111 Å². The molecule has 0 atom stereocenters. The molecule has 8 nitrogen and oxygen atoms in total. The maximum absolute atomic E-state index is 12.2. The molecule has 0 saturated heterocycles. The Morgan fingerprint density at radius 3 is 2.54 bits per heavy atom. The molecule has 0 aromatic heterocycles. The van der Waals surface area contributed by atoms with Crippen molar-refractivity contribution in [1.82, 2.24) is 0 Å². The van der Waals surface area contributed by atoms with Crippen molar-refractivity contribution in [2.45, 2.75) is 11.8 Å². The van der Waals surface area contributed by atoms with Crippen molar-refractivity contribution in [2.75, 3.05) is 23.5 Å². The van der Waals surface area contributed by atoms with Crippen LogP contribution in [-0.4, -0.2) is 29.6 Å². The number of nitro benzene ring substituents is 1. The van der Waals surface area contributed by atoms with Gasteiger partial charge in [0.05, 0.1) is 35.2 Å². The summed E-state index contributed by atoms with van der Waals surface area (Å²) in [5.41, 5.74) is 0.850. The minimum Gasteiger partial charge on any atom is -0.494 e. The second-order valence-corrected chi connectivity index (χ2v) is 6.17. The van der Waals surface area contributed by atoms with E-state index in [0.29, 0.717) is 11.4 Å².